The van der Waals surface area contributed by atoms with Gasteiger partial charge in [0.15, 0.2) is 0 Å². The van der Waals surface area contributed by atoms with E-state index in [0.29, 0.717) is 23.7 Å². The minimum Gasteiger partial charge on any atom is -0.497 e. The Morgan fingerprint density at radius 3 is 2.23 bits per heavy atom. The lowest BCUT2D eigenvalue weighted by Crippen LogP contribution is -2.26. The van der Waals surface area contributed by atoms with Gasteiger partial charge in [-0.1, -0.05) is 66.2 Å². The molecule has 0 radical (unpaired) electrons. The molecule has 0 spiro atoms. The fraction of sp³-hybridized carbons (Fsp3) is 0.120. The fourth-order valence-corrected chi connectivity index (χ4v) is 3.48. The maximum Gasteiger partial charge on any atom is 0.311 e. The van der Waals surface area contributed by atoms with Crippen LogP contribution < -0.4 is 15.0 Å². The highest BCUT2D eigenvalue weighted by atomic mass is 35.5. The first-order chi connectivity index (χ1) is 15.1. The van der Waals surface area contributed by atoms with Crippen molar-refractivity contribution < 1.29 is 9.47 Å². The number of hydrogen-bond acceptors (Lipinski definition) is 4. The van der Waals surface area contributed by atoms with E-state index in [-0.39, 0.29) is 10.8 Å². The van der Waals surface area contributed by atoms with Gasteiger partial charge in [0.2, 0.25) is 5.75 Å². The molecule has 4 aromatic rings. The zero-order chi connectivity index (χ0) is 21.8. The van der Waals surface area contributed by atoms with Gasteiger partial charge in [-0.15, -0.1) is 0 Å². The van der Waals surface area contributed by atoms with Crippen LogP contribution in [0.3, 0.4) is 0 Å². The third kappa shape index (κ3) is 4.47. The summed E-state index contributed by atoms with van der Waals surface area (Å²) in [5.41, 5.74) is 2.95. The number of ether oxygens (including phenoxy) is 2. The van der Waals surface area contributed by atoms with Crippen LogP contribution in [0.5, 0.6) is 17.2 Å². The van der Waals surface area contributed by atoms with Gasteiger partial charge in [-0.05, 0) is 42.3 Å². The van der Waals surface area contributed by atoms with Gasteiger partial charge in [0.25, 0.3) is 0 Å². The van der Waals surface area contributed by atoms with E-state index in [1.54, 1.807) is 31.4 Å². The minimum absolute atomic E-state index is 0.0364. The highest BCUT2D eigenvalue weighted by molar-refractivity contribution is 6.34. The van der Waals surface area contributed by atoms with Crippen LogP contribution in [0.2, 0.25) is 5.02 Å². The van der Waals surface area contributed by atoms with Crippen LogP contribution in [-0.2, 0) is 6.54 Å². The van der Waals surface area contributed by atoms with E-state index in [1.165, 1.54) is 4.68 Å². The van der Waals surface area contributed by atoms with Gasteiger partial charge in [0, 0.05) is 5.56 Å². The molecule has 0 fully saturated rings. The normalized spacial score (nSPS) is 10.7. The summed E-state index contributed by atoms with van der Waals surface area (Å²) in [6.45, 7) is 2.31. The topological polar surface area (TPSA) is 53.4 Å². The molecule has 0 saturated heterocycles. The molecule has 4 rings (SSSR count). The summed E-state index contributed by atoms with van der Waals surface area (Å²) < 4.78 is 12.5. The third-order valence-electron chi connectivity index (χ3n) is 4.96. The van der Waals surface area contributed by atoms with Gasteiger partial charge in [-0.3, -0.25) is 4.79 Å². The maximum atomic E-state index is 13.3. The van der Waals surface area contributed by atoms with Gasteiger partial charge < -0.3 is 9.47 Å². The highest BCUT2D eigenvalue weighted by Gasteiger charge is 2.20. The summed E-state index contributed by atoms with van der Waals surface area (Å²) in [6.07, 6.45) is 0. The fourth-order valence-electron chi connectivity index (χ4n) is 3.22. The number of rotatable bonds is 6. The molecular formula is C25H21ClN2O3. The summed E-state index contributed by atoms with van der Waals surface area (Å²) in [7, 11) is 1.59. The second-order valence-electron chi connectivity index (χ2n) is 7.02. The molecule has 0 aliphatic rings. The Kier molecular flexibility index (Phi) is 6.05. The molecule has 156 valence electrons. The first-order valence-electron chi connectivity index (χ1n) is 9.79. The minimum atomic E-state index is -0.399. The van der Waals surface area contributed by atoms with E-state index >= 15 is 0 Å². The second-order valence-corrected chi connectivity index (χ2v) is 7.40. The number of aryl methyl sites for hydroxylation is 1. The molecule has 3 aromatic carbocycles. The Morgan fingerprint density at radius 1 is 0.903 bits per heavy atom. The zero-order valence-electron chi connectivity index (χ0n) is 17.2. The Morgan fingerprint density at radius 2 is 1.55 bits per heavy atom. The van der Waals surface area contributed by atoms with Gasteiger partial charge >= 0.3 is 5.56 Å². The van der Waals surface area contributed by atoms with E-state index in [0.717, 1.165) is 16.7 Å². The van der Waals surface area contributed by atoms with Crippen molar-refractivity contribution in [2.24, 2.45) is 0 Å². The predicted molar refractivity (Wildman–Crippen MR) is 122 cm³/mol. The monoisotopic (exact) mass is 432 g/mol. The summed E-state index contributed by atoms with van der Waals surface area (Å²) in [5.74, 6) is 1.21. The standard InChI is InChI=1S/C25H21ClN2O3/c1-17-8-6-7-11-19(17)16-28-25(29)24(31-21-14-12-20(30-2)13-15-21)22(26)23(27-28)18-9-4-3-5-10-18/h3-15H,16H2,1-2H3. The van der Waals surface area contributed by atoms with Crippen molar-refractivity contribution in [3.05, 3.63) is 105 Å². The van der Waals surface area contributed by atoms with Crippen molar-refractivity contribution in [3.63, 3.8) is 0 Å². The molecule has 0 bridgehead atoms. The van der Waals surface area contributed by atoms with Crippen LogP contribution >= 0.6 is 11.6 Å². The van der Waals surface area contributed by atoms with Crippen molar-refractivity contribution in [1.29, 1.82) is 0 Å². The number of hydrogen-bond donors (Lipinski definition) is 0. The molecule has 31 heavy (non-hydrogen) atoms. The van der Waals surface area contributed by atoms with E-state index in [1.807, 2.05) is 61.5 Å². The number of aromatic nitrogens is 2. The first-order valence-corrected chi connectivity index (χ1v) is 10.2. The second kappa shape index (κ2) is 9.06. The molecule has 1 aromatic heterocycles. The average molecular weight is 433 g/mol. The van der Waals surface area contributed by atoms with Crippen LogP contribution in [0.4, 0.5) is 0 Å². The summed E-state index contributed by atoms with van der Waals surface area (Å²) in [6, 6.07) is 24.3. The van der Waals surface area contributed by atoms with Crippen molar-refractivity contribution in [2.75, 3.05) is 7.11 Å². The van der Waals surface area contributed by atoms with Gasteiger partial charge in [-0.2, -0.15) is 5.10 Å². The summed E-state index contributed by atoms with van der Waals surface area (Å²) in [4.78, 5) is 13.3. The largest absolute Gasteiger partial charge is 0.497 e. The van der Waals surface area contributed by atoms with Gasteiger partial charge in [-0.25, -0.2) is 4.68 Å². The molecule has 0 aliphatic heterocycles. The van der Waals surface area contributed by atoms with E-state index < -0.39 is 5.56 Å². The molecule has 5 nitrogen and oxygen atoms in total. The van der Waals surface area contributed by atoms with Crippen molar-refractivity contribution in [3.8, 4) is 28.5 Å². The summed E-state index contributed by atoms with van der Waals surface area (Å²) >= 11 is 6.64. The molecule has 0 aliphatic carbocycles. The Hall–Kier alpha value is -3.57. The predicted octanol–water partition coefficient (Wildman–Crippen LogP) is 5.72. The van der Waals surface area contributed by atoms with Crippen molar-refractivity contribution in [2.45, 2.75) is 13.5 Å². The van der Waals surface area contributed by atoms with E-state index in [4.69, 9.17) is 21.1 Å². The number of nitrogens with zero attached hydrogens (tertiary/aromatic N) is 2. The van der Waals surface area contributed by atoms with Crippen LogP contribution in [0.15, 0.2) is 83.7 Å². The van der Waals surface area contributed by atoms with Gasteiger partial charge in [0.05, 0.1) is 13.7 Å². The van der Waals surface area contributed by atoms with Crippen LogP contribution in [-0.4, -0.2) is 16.9 Å². The molecule has 6 heteroatoms. The number of benzene rings is 3. The Labute approximate surface area is 185 Å². The van der Waals surface area contributed by atoms with Crippen molar-refractivity contribution >= 4 is 11.6 Å². The van der Waals surface area contributed by atoms with E-state index in [2.05, 4.69) is 5.10 Å². The smallest absolute Gasteiger partial charge is 0.311 e. The number of methoxy groups -OCH3 is 1. The van der Waals surface area contributed by atoms with Crippen LogP contribution in [0.1, 0.15) is 11.1 Å². The van der Waals surface area contributed by atoms with Crippen LogP contribution in [0.25, 0.3) is 11.3 Å². The van der Waals surface area contributed by atoms with Crippen LogP contribution in [0, 0.1) is 6.92 Å². The lowest BCUT2D eigenvalue weighted by Gasteiger charge is -2.15. The lowest BCUT2D eigenvalue weighted by molar-refractivity contribution is 0.412. The summed E-state index contributed by atoms with van der Waals surface area (Å²) in [5, 5.41) is 4.75. The first kappa shape index (κ1) is 20.7. The van der Waals surface area contributed by atoms with Gasteiger partial charge in [0.1, 0.15) is 22.2 Å². The Balaban J connectivity index is 1.83. The quantitative estimate of drug-likeness (QED) is 0.391. The maximum absolute atomic E-state index is 13.3. The van der Waals surface area contributed by atoms with E-state index in [9.17, 15) is 4.79 Å². The van der Waals surface area contributed by atoms with Crippen molar-refractivity contribution in [1.82, 2.24) is 9.78 Å². The SMILES string of the molecule is COc1ccc(Oc2c(Cl)c(-c3ccccc3)nn(Cc3ccccc3C)c2=O)cc1. The molecule has 0 unspecified atom stereocenters. The highest BCUT2D eigenvalue weighted by Crippen LogP contribution is 2.34. The number of halogens is 1. The third-order valence-corrected chi connectivity index (χ3v) is 5.32. The Bertz CT molecular complexity index is 1250. The lowest BCUT2D eigenvalue weighted by atomic mass is 10.1. The molecular weight excluding hydrogens is 412 g/mol. The average Bonchev–Trinajstić information content (AvgIpc) is 2.81. The molecule has 0 amide bonds. The molecule has 0 atom stereocenters. The molecule has 0 saturated carbocycles. The molecule has 1 heterocycles. The molecule has 0 N–H and O–H groups in total. The zero-order valence-corrected chi connectivity index (χ0v) is 18.0.